The lowest BCUT2D eigenvalue weighted by atomic mass is 10.0. The highest BCUT2D eigenvalue weighted by Crippen LogP contribution is 2.32. The van der Waals surface area contributed by atoms with Crippen molar-refractivity contribution in [1.82, 2.24) is 24.9 Å². The van der Waals surface area contributed by atoms with E-state index in [0.717, 1.165) is 17.7 Å². The van der Waals surface area contributed by atoms with Crippen LogP contribution in [0.1, 0.15) is 28.8 Å². The molecule has 0 spiro atoms. The first-order valence-electron chi connectivity index (χ1n) is 10.1. The molecule has 1 saturated heterocycles. The van der Waals surface area contributed by atoms with Crippen LogP contribution in [0.15, 0.2) is 41.7 Å². The molecule has 2 heterocycles. The Balaban J connectivity index is 0.00000363. The summed E-state index contributed by atoms with van der Waals surface area (Å²) in [5.74, 6) is 0.691. The van der Waals surface area contributed by atoms with Gasteiger partial charge in [-0.25, -0.2) is 0 Å². The number of hydrogen-bond acceptors (Lipinski definition) is 4. The summed E-state index contributed by atoms with van der Waals surface area (Å²) >= 11 is 0. The first-order chi connectivity index (χ1) is 14.7. The molecule has 0 saturated carbocycles. The van der Waals surface area contributed by atoms with Crippen LogP contribution in [-0.2, 0) is 18.0 Å². The van der Waals surface area contributed by atoms with Gasteiger partial charge in [0, 0.05) is 38.9 Å². The van der Waals surface area contributed by atoms with Gasteiger partial charge in [0.25, 0.3) is 0 Å². The van der Waals surface area contributed by atoms with E-state index in [0.29, 0.717) is 37.8 Å². The van der Waals surface area contributed by atoms with Gasteiger partial charge in [-0.15, -0.1) is 24.0 Å². The summed E-state index contributed by atoms with van der Waals surface area (Å²) < 4.78 is 46.8. The predicted molar refractivity (Wildman–Crippen MR) is 128 cm³/mol. The molecule has 1 aliphatic rings. The number of guanidine groups is 1. The minimum atomic E-state index is -4.38. The molecule has 1 N–H and O–H groups in total. The molecule has 0 radical (unpaired) electrons. The summed E-state index contributed by atoms with van der Waals surface area (Å²) in [6.07, 6.45) is -1.02. The van der Waals surface area contributed by atoms with Crippen LogP contribution >= 0.6 is 24.0 Å². The molecule has 32 heavy (non-hydrogen) atoms. The number of aliphatic imine (C=N–C) groups is 1. The highest BCUT2D eigenvalue weighted by Gasteiger charge is 2.32. The van der Waals surface area contributed by atoms with Crippen LogP contribution < -0.4 is 5.32 Å². The third kappa shape index (κ3) is 6.58. The van der Waals surface area contributed by atoms with Crippen LogP contribution in [0.25, 0.3) is 0 Å². The van der Waals surface area contributed by atoms with E-state index < -0.39 is 17.8 Å². The molecule has 178 valence electrons. The first-order valence-corrected chi connectivity index (χ1v) is 10.1. The number of ether oxygens (including phenoxy) is 1. The van der Waals surface area contributed by atoms with Gasteiger partial charge in [0.15, 0.2) is 5.96 Å². The number of likely N-dealkylation sites (N-methyl/N-ethyl adjacent to an activating group) is 1. The third-order valence-electron chi connectivity index (χ3n) is 5.35. The zero-order valence-electron chi connectivity index (χ0n) is 18.6. The van der Waals surface area contributed by atoms with Gasteiger partial charge in [-0.3, -0.25) is 9.67 Å². The van der Waals surface area contributed by atoms with Crippen molar-refractivity contribution < 1.29 is 17.9 Å². The Kier molecular flexibility index (Phi) is 9.34. The number of rotatable bonds is 5. The van der Waals surface area contributed by atoms with E-state index in [1.165, 1.54) is 6.07 Å². The number of halogens is 4. The van der Waals surface area contributed by atoms with Crippen molar-refractivity contribution in [3.05, 3.63) is 53.3 Å². The van der Waals surface area contributed by atoms with E-state index >= 15 is 0 Å². The standard InChI is InChI=1S/C21H29F3N6O.HI/c1-25-20(26-12-18(28(2)3)16-11-27-29(4)13-16)30-8-9-31-19(14-30)15-6-5-7-17(10-15)21(22,23)24;/h5-7,10-11,13,18-19H,8-9,12,14H2,1-4H3,(H,25,26);1H. The minimum absolute atomic E-state index is 0. The molecule has 7 nitrogen and oxygen atoms in total. The van der Waals surface area contributed by atoms with E-state index in [9.17, 15) is 13.2 Å². The second-order valence-electron chi connectivity index (χ2n) is 7.78. The number of alkyl halides is 3. The molecule has 1 aliphatic heterocycles. The number of benzene rings is 1. The maximum absolute atomic E-state index is 13.1. The van der Waals surface area contributed by atoms with E-state index in [-0.39, 0.29) is 30.0 Å². The molecule has 2 unspecified atom stereocenters. The zero-order chi connectivity index (χ0) is 22.6. The molecule has 2 aromatic rings. The largest absolute Gasteiger partial charge is 0.416 e. The number of nitrogens with zero attached hydrogens (tertiary/aromatic N) is 5. The summed E-state index contributed by atoms with van der Waals surface area (Å²) in [7, 11) is 7.58. The second kappa shape index (κ2) is 11.3. The van der Waals surface area contributed by atoms with E-state index in [1.54, 1.807) is 17.8 Å². The Morgan fingerprint density at radius 2 is 2.12 bits per heavy atom. The highest BCUT2D eigenvalue weighted by atomic mass is 127. The molecule has 0 aliphatic carbocycles. The minimum Gasteiger partial charge on any atom is -0.370 e. The normalized spacial score (nSPS) is 18.4. The SMILES string of the molecule is CN=C(NCC(c1cnn(C)c1)N(C)C)N1CCOC(c2cccc(C(F)(F)F)c2)C1.I. The van der Waals surface area contributed by atoms with Crippen molar-refractivity contribution in [2.75, 3.05) is 47.4 Å². The quantitative estimate of drug-likeness (QED) is 0.342. The third-order valence-corrected chi connectivity index (χ3v) is 5.35. The van der Waals surface area contributed by atoms with Gasteiger partial charge < -0.3 is 19.9 Å². The number of morpholine rings is 1. The average molecular weight is 566 g/mol. The van der Waals surface area contributed by atoms with E-state index in [1.807, 2.05) is 38.4 Å². The lowest BCUT2D eigenvalue weighted by Gasteiger charge is -2.36. The van der Waals surface area contributed by atoms with Gasteiger partial charge in [0.1, 0.15) is 6.10 Å². The molecule has 1 aromatic carbocycles. The number of hydrogen-bond donors (Lipinski definition) is 1. The summed E-state index contributed by atoms with van der Waals surface area (Å²) in [6, 6.07) is 5.41. The molecule has 2 atom stereocenters. The Morgan fingerprint density at radius 1 is 1.38 bits per heavy atom. The lowest BCUT2D eigenvalue weighted by Crippen LogP contribution is -2.49. The van der Waals surface area contributed by atoms with Gasteiger partial charge in [0.2, 0.25) is 0 Å². The maximum Gasteiger partial charge on any atom is 0.416 e. The molecule has 3 rings (SSSR count). The number of nitrogens with one attached hydrogen (secondary N) is 1. The fraction of sp³-hybridized carbons (Fsp3) is 0.524. The van der Waals surface area contributed by atoms with Crippen molar-refractivity contribution in [2.45, 2.75) is 18.3 Å². The van der Waals surface area contributed by atoms with Crippen LogP contribution in [0.4, 0.5) is 13.2 Å². The summed E-state index contributed by atoms with van der Waals surface area (Å²) in [4.78, 5) is 8.50. The molecular formula is C21H30F3IN6O. The van der Waals surface area contributed by atoms with Crippen LogP contribution in [0.2, 0.25) is 0 Å². The van der Waals surface area contributed by atoms with E-state index in [2.05, 4.69) is 20.3 Å². The van der Waals surface area contributed by atoms with Gasteiger partial charge in [0.05, 0.1) is 31.0 Å². The number of aryl methyl sites for hydroxylation is 1. The summed E-state index contributed by atoms with van der Waals surface area (Å²) in [5.41, 5.74) is 0.925. The Hall–Kier alpha value is -1.86. The maximum atomic E-state index is 13.1. The van der Waals surface area contributed by atoms with Crippen molar-refractivity contribution >= 4 is 29.9 Å². The monoisotopic (exact) mass is 566 g/mol. The van der Waals surface area contributed by atoms with Crippen molar-refractivity contribution in [3.8, 4) is 0 Å². The van der Waals surface area contributed by atoms with Gasteiger partial charge in [-0.2, -0.15) is 18.3 Å². The molecule has 1 aromatic heterocycles. The van der Waals surface area contributed by atoms with Crippen molar-refractivity contribution in [1.29, 1.82) is 0 Å². The zero-order valence-corrected chi connectivity index (χ0v) is 21.0. The summed E-state index contributed by atoms with van der Waals surface area (Å²) in [5, 5.41) is 7.65. The van der Waals surface area contributed by atoms with Crippen molar-refractivity contribution in [3.63, 3.8) is 0 Å². The number of aromatic nitrogens is 2. The second-order valence-corrected chi connectivity index (χ2v) is 7.78. The van der Waals surface area contributed by atoms with Crippen LogP contribution in [0.3, 0.4) is 0 Å². The van der Waals surface area contributed by atoms with E-state index in [4.69, 9.17) is 4.74 Å². The highest BCUT2D eigenvalue weighted by molar-refractivity contribution is 14.0. The molecule has 0 amide bonds. The average Bonchev–Trinajstić information content (AvgIpc) is 3.16. The van der Waals surface area contributed by atoms with Gasteiger partial charge in [-0.1, -0.05) is 12.1 Å². The van der Waals surface area contributed by atoms with Gasteiger partial charge in [-0.05, 0) is 31.8 Å². The molecule has 11 heteroatoms. The Morgan fingerprint density at radius 3 is 2.72 bits per heavy atom. The molecule has 0 bridgehead atoms. The molecule has 1 fully saturated rings. The Bertz CT molecular complexity index is 902. The smallest absolute Gasteiger partial charge is 0.370 e. The predicted octanol–water partition coefficient (Wildman–Crippen LogP) is 3.31. The van der Waals surface area contributed by atoms with Gasteiger partial charge >= 0.3 is 6.18 Å². The Labute approximate surface area is 203 Å². The van der Waals surface area contributed by atoms with Crippen LogP contribution in [-0.4, -0.2) is 72.9 Å². The first kappa shape index (κ1) is 26.4. The topological polar surface area (TPSA) is 57.9 Å². The fourth-order valence-corrected chi connectivity index (χ4v) is 3.69. The lowest BCUT2D eigenvalue weighted by molar-refractivity contribution is -0.137. The van der Waals surface area contributed by atoms with Crippen molar-refractivity contribution in [2.24, 2.45) is 12.0 Å². The fourth-order valence-electron chi connectivity index (χ4n) is 3.69. The summed E-state index contributed by atoms with van der Waals surface area (Å²) in [6.45, 7) is 2.04. The van der Waals surface area contributed by atoms with Crippen LogP contribution in [0, 0.1) is 0 Å². The van der Waals surface area contributed by atoms with Crippen LogP contribution in [0.5, 0.6) is 0 Å². The molecular weight excluding hydrogens is 536 g/mol.